The molecule has 2 N–H and O–H groups in total. The Balaban J connectivity index is 1.86. The molecule has 1 heterocycles. The number of rotatable bonds is 12. The molecule has 0 spiro atoms. The van der Waals surface area contributed by atoms with Crippen molar-refractivity contribution < 1.29 is 14.7 Å². The predicted molar refractivity (Wildman–Crippen MR) is 85.6 cm³/mol. The SMILES string of the molecule is O=C(O)CCCCCCCNC(=O)CCCc1cccs1. The third-order valence-electron chi connectivity index (χ3n) is 3.30. The Hall–Kier alpha value is -1.36. The number of amides is 1. The molecular weight excluding hydrogens is 286 g/mol. The average molecular weight is 311 g/mol. The van der Waals surface area contributed by atoms with Crippen LogP contribution in [0.3, 0.4) is 0 Å². The van der Waals surface area contributed by atoms with Crippen LogP contribution < -0.4 is 5.32 Å². The van der Waals surface area contributed by atoms with Gasteiger partial charge < -0.3 is 10.4 Å². The van der Waals surface area contributed by atoms with E-state index >= 15 is 0 Å². The first-order valence-electron chi connectivity index (χ1n) is 7.69. The van der Waals surface area contributed by atoms with E-state index in [-0.39, 0.29) is 12.3 Å². The number of carboxylic acid groups (broad SMARTS) is 1. The Kier molecular flexibility index (Phi) is 9.53. The van der Waals surface area contributed by atoms with Gasteiger partial charge in [0.2, 0.25) is 5.91 Å². The predicted octanol–water partition coefficient (Wildman–Crippen LogP) is 3.61. The number of hydrogen-bond donors (Lipinski definition) is 2. The number of thiophene rings is 1. The summed E-state index contributed by atoms with van der Waals surface area (Å²) >= 11 is 1.74. The maximum absolute atomic E-state index is 11.6. The van der Waals surface area contributed by atoms with Crippen molar-refractivity contribution in [1.29, 1.82) is 0 Å². The van der Waals surface area contributed by atoms with Gasteiger partial charge in [-0.2, -0.15) is 0 Å². The summed E-state index contributed by atoms with van der Waals surface area (Å²) in [6.07, 6.45) is 7.53. The molecule has 0 aliphatic rings. The van der Waals surface area contributed by atoms with Crippen molar-refractivity contribution >= 4 is 23.2 Å². The number of aryl methyl sites for hydroxylation is 1. The highest BCUT2D eigenvalue weighted by atomic mass is 32.1. The second-order valence-electron chi connectivity index (χ2n) is 5.19. The number of hydrogen-bond acceptors (Lipinski definition) is 3. The molecule has 0 aliphatic carbocycles. The zero-order valence-electron chi connectivity index (χ0n) is 12.5. The first-order chi connectivity index (χ1) is 10.2. The molecule has 1 aromatic heterocycles. The van der Waals surface area contributed by atoms with Crippen LogP contribution in [-0.2, 0) is 16.0 Å². The maximum Gasteiger partial charge on any atom is 0.303 e. The van der Waals surface area contributed by atoms with Crippen molar-refractivity contribution in [2.75, 3.05) is 6.54 Å². The lowest BCUT2D eigenvalue weighted by Crippen LogP contribution is -2.24. The molecule has 1 rings (SSSR count). The molecule has 0 unspecified atom stereocenters. The van der Waals surface area contributed by atoms with Crippen molar-refractivity contribution in [2.24, 2.45) is 0 Å². The van der Waals surface area contributed by atoms with Crippen LogP contribution in [0, 0.1) is 0 Å². The summed E-state index contributed by atoms with van der Waals surface area (Å²) in [5.41, 5.74) is 0. The highest BCUT2D eigenvalue weighted by Gasteiger charge is 2.02. The van der Waals surface area contributed by atoms with Crippen LogP contribution >= 0.6 is 11.3 Å². The summed E-state index contributed by atoms with van der Waals surface area (Å²) in [4.78, 5) is 23.3. The van der Waals surface area contributed by atoms with Crippen molar-refractivity contribution in [2.45, 2.75) is 57.8 Å². The van der Waals surface area contributed by atoms with E-state index in [1.54, 1.807) is 11.3 Å². The van der Waals surface area contributed by atoms with Gasteiger partial charge in [0.15, 0.2) is 0 Å². The quantitative estimate of drug-likeness (QED) is 0.579. The van der Waals surface area contributed by atoms with Gasteiger partial charge in [-0.1, -0.05) is 25.3 Å². The average Bonchev–Trinajstić information content (AvgIpc) is 2.94. The van der Waals surface area contributed by atoms with Gasteiger partial charge in [-0.05, 0) is 37.1 Å². The second-order valence-corrected chi connectivity index (χ2v) is 6.23. The van der Waals surface area contributed by atoms with Crippen LogP contribution in [0.25, 0.3) is 0 Å². The highest BCUT2D eigenvalue weighted by molar-refractivity contribution is 7.09. The minimum absolute atomic E-state index is 0.137. The van der Waals surface area contributed by atoms with Gasteiger partial charge in [-0.25, -0.2) is 0 Å². The zero-order valence-corrected chi connectivity index (χ0v) is 13.3. The van der Waals surface area contributed by atoms with E-state index in [2.05, 4.69) is 16.8 Å². The summed E-state index contributed by atoms with van der Waals surface area (Å²) in [6.45, 7) is 0.733. The molecule has 118 valence electrons. The molecule has 4 nitrogen and oxygen atoms in total. The fourth-order valence-corrected chi connectivity index (χ4v) is 2.88. The Morgan fingerprint density at radius 3 is 2.52 bits per heavy atom. The fraction of sp³-hybridized carbons (Fsp3) is 0.625. The van der Waals surface area contributed by atoms with Crippen molar-refractivity contribution in [3.05, 3.63) is 22.4 Å². The van der Waals surface area contributed by atoms with Crippen LogP contribution in [0.1, 0.15) is 56.2 Å². The summed E-state index contributed by atoms with van der Waals surface area (Å²) in [5, 5.41) is 13.5. The Morgan fingerprint density at radius 2 is 1.81 bits per heavy atom. The minimum atomic E-state index is -0.718. The molecule has 0 saturated heterocycles. The lowest BCUT2D eigenvalue weighted by Gasteiger charge is -2.05. The largest absolute Gasteiger partial charge is 0.481 e. The minimum Gasteiger partial charge on any atom is -0.481 e. The van der Waals surface area contributed by atoms with Crippen LogP contribution in [0.4, 0.5) is 0 Å². The van der Waals surface area contributed by atoms with Crippen LogP contribution in [0.5, 0.6) is 0 Å². The number of aliphatic carboxylic acids is 1. The third kappa shape index (κ3) is 10.1. The second kappa shape index (κ2) is 11.3. The number of unbranched alkanes of at least 4 members (excludes halogenated alkanes) is 4. The number of carboxylic acids is 1. The van der Waals surface area contributed by atoms with E-state index in [4.69, 9.17) is 5.11 Å². The molecule has 5 heteroatoms. The normalized spacial score (nSPS) is 10.5. The number of carbonyl (C=O) groups is 2. The van der Waals surface area contributed by atoms with Gasteiger partial charge in [-0.15, -0.1) is 11.3 Å². The number of nitrogens with one attached hydrogen (secondary N) is 1. The van der Waals surface area contributed by atoms with E-state index in [1.165, 1.54) is 4.88 Å². The fourth-order valence-electron chi connectivity index (χ4n) is 2.13. The van der Waals surface area contributed by atoms with E-state index in [1.807, 2.05) is 6.07 Å². The molecule has 0 atom stereocenters. The van der Waals surface area contributed by atoms with Gasteiger partial charge >= 0.3 is 5.97 Å². The molecule has 0 aliphatic heterocycles. The molecule has 21 heavy (non-hydrogen) atoms. The lowest BCUT2D eigenvalue weighted by molar-refractivity contribution is -0.137. The van der Waals surface area contributed by atoms with Gasteiger partial charge in [-0.3, -0.25) is 9.59 Å². The Bertz CT molecular complexity index is 404. The first kappa shape index (κ1) is 17.7. The molecule has 0 radical (unpaired) electrons. The van der Waals surface area contributed by atoms with E-state index in [9.17, 15) is 9.59 Å². The van der Waals surface area contributed by atoms with Gasteiger partial charge in [0.25, 0.3) is 0 Å². The molecule has 0 saturated carbocycles. The van der Waals surface area contributed by atoms with Crippen LogP contribution in [0.2, 0.25) is 0 Å². The number of carbonyl (C=O) groups excluding carboxylic acids is 1. The summed E-state index contributed by atoms with van der Waals surface area (Å²) in [6, 6.07) is 4.14. The van der Waals surface area contributed by atoms with Crippen LogP contribution in [-0.4, -0.2) is 23.5 Å². The molecule has 0 bridgehead atoms. The summed E-state index contributed by atoms with van der Waals surface area (Å²) in [7, 11) is 0. The Morgan fingerprint density at radius 1 is 1.05 bits per heavy atom. The zero-order chi connectivity index (χ0) is 15.3. The Labute approximate surface area is 130 Å². The highest BCUT2D eigenvalue weighted by Crippen LogP contribution is 2.11. The summed E-state index contributed by atoms with van der Waals surface area (Å²) in [5.74, 6) is -0.581. The lowest BCUT2D eigenvalue weighted by atomic mass is 10.1. The van der Waals surface area contributed by atoms with Crippen molar-refractivity contribution in [3.8, 4) is 0 Å². The topological polar surface area (TPSA) is 66.4 Å². The van der Waals surface area contributed by atoms with E-state index < -0.39 is 5.97 Å². The van der Waals surface area contributed by atoms with E-state index in [0.29, 0.717) is 6.42 Å². The third-order valence-corrected chi connectivity index (χ3v) is 4.23. The molecule has 1 amide bonds. The molecular formula is C16H25NO3S. The van der Waals surface area contributed by atoms with Gasteiger partial charge in [0.05, 0.1) is 0 Å². The van der Waals surface area contributed by atoms with Crippen molar-refractivity contribution in [1.82, 2.24) is 5.32 Å². The standard InChI is InChI=1S/C16H25NO3S/c18-15(10-6-8-14-9-7-13-21-14)17-12-5-3-1-2-4-11-16(19)20/h7,9,13H,1-6,8,10-12H2,(H,17,18)(H,19,20). The molecule has 0 fully saturated rings. The molecule has 0 aromatic carbocycles. The van der Waals surface area contributed by atoms with Crippen molar-refractivity contribution in [3.63, 3.8) is 0 Å². The van der Waals surface area contributed by atoms with E-state index in [0.717, 1.165) is 51.5 Å². The van der Waals surface area contributed by atoms with Gasteiger partial charge in [0.1, 0.15) is 0 Å². The smallest absolute Gasteiger partial charge is 0.303 e. The monoisotopic (exact) mass is 311 g/mol. The maximum atomic E-state index is 11.6. The first-order valence-corrected chi connectivity index (χ1v) is 8.57. The van der Waals surface area contributed by atoms with Gasteiger partial charge in [0, 0.05) is 24.3 Å². The van der Waals surface area contributed by atoms with Crippen LogP contribution in [0.15, 0.2) is 17.5 Å². The molecule has 1 aromatic rings. The summed E-state index contributed by atoms with van der Waals surface area (Å²) < 4.78 is 0.